The van der Waals surface area contributed by atoms with Crippen LogP contribution < -0.4 is 0 Å². The first-order valence-electron chi connectivity index (χ1n) is 6.72. The Labute approximate surface area is 122 Å². The fourth-order valence-electron chi connectivity index (χ4n) is 3.08. The maximum Gasteiger partial charge on any atom is 0.0897 e. The number of thiol groups is 1. The summed E-state index contributed by atoms with van der Waals surface area (Å²) in [6, 6.07) is 19.6. The van der Waals surface area contributed by atoms with Crippen LogP contribution in [-0.2, 0) is 11.3 Å². The highest BCUT2D eigenvalue weighted by molar-refractivity contribution is 7.80. The van der Waals surface area contributed by atoms with Gasteiger partial charge in [-0.15, -0.1) is 0 Å². The third-order valence-electron chi connectivity index (χ3n) is 3.97. The molecule has 0 unspecified atom stereocenters. The second-order valence-electron chi connectivity index (χ2n) is 5.06. The van der Waals surface area contributed by atoms with E-state index in [0.29, 0.717) is 12.5 Å². The Balaban J connectivity index is 2.14. The van der Waals surface area contributed by atoms with Gasteiger partial charge in [-0.1, -0.05) is 54.6 Å². The van der Waals surface area contributed by atoms with Gasteiger partial charge in [0, 0.05) is 0 Å². The highest BCUT2D eigenvalue weighted by Crippen LogP contribution is 2.35. The van der Waals surface area contributed by atoms with E-state index in [-0.39, 0.29) is 0 Å². The second kappa shape index (κ2) is 4.65. The van der Waals surface area contributed by atoms with E-state index in [4.69, 9.17) is 4.74 Å². The van der Waals surface area contributed by atoms with Crippen molar-refractivity contribution >= 4 is 44.9 Å². The van der Waals surface area contributed by atoms with Crippen molar-refractivity contribution in [2.45, 2.75) is 6.61 Å². The van der Waals surface area contributed by atoms with Crippen LogP contribution in [0.15, 0.2) is 54.6 Å². The first kappa shape index (κ1) is 12.0. The molecule has 0 spiro atoms. The van der Waals surface area contributed by atoms with Crippen LogP contribution in [0.3, 0.4) is 0 Å². The van der Waals surface area contributed by atoms with Crippen LogP contribution in [0.5, 0.6) is 0 Å². The van der Waals surface area contributed by atoms with Crippen LogP contribution >= 0.6 is 12.6 Å². The van der Waals surface area contributed by atoms with Crippen molar-refractivity contribution < 1.29 is 4.74 Å². The van der Waals surface area contributed by atoms with Crippen LogP contribution in [-0.4, -0.2) is 5.94 Å². The van der Waals surface area contributed by atoms with E-state index in [1.807, 2.05) is 0 Å². The van der Waals surface area contributed by atoms with Gasteiger partial charge in [-0.2, -0.15) is 12.6 Å². The fraction of sp³-hybridized carbons (Fsp3) is 0.111. The molecule has 0 aliphatic carbocycles. The molecule has 0 bridgehead atoms. The Morgan fingerprint density at radius 1 is 0.750 bits per heavy atom. The normalized spacial score (nSPS) is 11.8. The van der Waals surface area contributed by atoms with Gasteiger partial charge in [-0.3, -0.25) is 0 Å². The molecule has 1 nitrogen and oxygen atoms in total. The van der Waals surface area contributed by atoms with Gasteiger partial charge in [-0.25, -0.2) is 0 Å². The summed E-state index contributed by atoms with van der Waals surface area (Å²) in [5.41, 5.74) is 1.23. The molecule has 98 valence electrons. The molecule has 0 amide bonds. The van der Waals surface area contributed by atoms with Crippen LogP contribution in [0.1, 0.15) is 5.56 Å². The molecule has 0 atom stereocenters. The van der Waals surface area contributed by atoms with Gasteiger partial charge >= 0.3 is 0 Å². The van der Waals surface area contributed by atoms with Crippen molar-refractivity contribution in [2.24, 2.45) is 0 Å². The third kappa shape index (κ3) is 1.69. The summed E-state index contributed by atoms with van der Waals surface area (Å²) in [6.07, 6.45) is 0. The average molecular weight is 278 g/mol. The van der Waals surface area contributed by atoms with Crippen LogP contribution in [0.2, 0.25) is 0 Å². The number of ether oxygens (including phenoxy) is 1. The lowest BCUT2D eigenvalue weighted by atomic mass is 9.92. The van der Waals surface area contributed by atoms with Gasteiger partial charge in [0.2, 0.25) is 0 Å². The minimum Gasteiger partial charge on any atom is -0.366 e. The third-order valence-corrected chi connectivity index (χ3v) is 4.15. The molecular formula is C18H14OS. The molecule has 0 aromatic heterocycles. The topological polar surface area (TPSA) is 9.23 Å². The lowest BCUT2D eigenvalue weighted by Gasteiger charge is -2.13. The van der Waals surface area contributed by atoms with E-state index >= 15 is 0 Å². The molecule has 20 heavy (non-hydrogen) atoms. The smallest absolute Gasteiger partial charge is 0.0897 e. The molecule has 4 rings (SSSR count). The Kier molecular flexibility index (Phi) is 2.79. The lowest BCUT2D eigenvalue weighted by Crippen LogP contribution is -1.93. The minimum atomic E-state index is 0.446. The van der Waals surface area contributed by atoms with Crippen molar-refractivity contribution in [3.05, 3.63) is 60.2 Å². The first-order valence-corrected chi connectivity index (χ1v) is 7.36. The molecule has 0 fully saturated rings. The Bertz CT molecular complexity index is 882. The van der Waals surface area contributed by atoms with Gasteiger partial charge in [-0.05, 0) is 37.9 Å². The SMILES string of the molecule is SCOCc1ccc2ccc3cccc4ccc1c2c34. The van der Waals surface area contributed by atoms with Crippen LogP contribution in [0.25, 0.3) is 32.3 Å². The maximum atomic E-state index is 5.47. The molecule has 0 aliphatic heterocycles. The molecule has 2 heteroatoms. The molecule has 0 saturated heterocycles. The van der Waals surface area contributed by atoms with E-state index in [1.54, 1.807) is 0 Å². The summed E-state index contributed by atoms with van der Waals surface area (Å²) in [5.74, 6) is 0.446. The standard InChI is InChI=1S/C18H14OS/c20-11-19-10-15-7-6-14-5-4-12-2-1-3-13-8-9-16(15)18(14)17(12)13/h1-9,20H,10-11H2. The zero-order valence-corrected chi connectivity index (χ0v) is 11.9. The molecule has 4 aromatic carbocycles. The monoisotopic (exact) mass is 278 g/mol. The van der Waals surface area contributed by atoms with Gasteiger partial charge < -0.3 is 4.74 Å². The quantitative estimate of drug-likeness (QED) is 0.315. The number of hydrogen-bond donors (Lipinski definition) is 1. The predicted molar refractivity (Wildman–Crippen MR) is 88.8 cm³/mol. The fourth-order valence-corrected chi connectivity index (χ4v) is 3.17. The Hall–Kier alpha value is -1.77. The Morgan fingerprint density at radius 2 is 1.40 bits per heavy atom. The van der Waals surface area contributed by atoms with Crippen molar-refractivity contribution in [3.63, 3.8) is 0 Å². The summed E-state index contributed by atoms with van der Waals surface area (Å²) < 4.78 is 5.47. The van der Waals surface area contributed by atoms with Gasteiger partial charge in [0.1, 0.15) is 0 Å². The molecule has 0 N–H and O–H groups in total. The van der Waals surface area contributed by atoms with E-state index in [2.05, 4.69) is 67.2 Å². The number of hydrogen-bond acceptors (Lipinski definition) is 2. The summed E-state index contributed by atoms with van der Waals surface area (Å²) >= 11 is 4.12. The lowest BCUT2D eigenvalue weighted by molar-refractivity contribution is 0.171. The largest absolute Gasteiger partial charge is 0.366 e. The van der Waals surface area contributed by atoms with Crippen LogP contribution in [0, 0.1) is 0 Å². The molecule has 0 saturated carbocycles. The number of benzene rings is 4. The molecule has 0 aliphatic rings. The maximum absolute atomic E-state index is 5.47. The predicted octanol–water partition coefficient (Wildman–Crippen LogP) is 4.99. The van der Waals surface area contributed by atoms with E-state index in [0.717, 1.165) is 0 Å². The average Bonchev–Trinajstić information content (AvgIpc) is 2.51. The number of rotatable bonds is 3. The molecule has 0 heterocycles. The van der Waals surface area contributed by atoms with Crippen molar-refractivity contribution in [1.29, 1.82) is 0 Å². The molecule has 4 aromatic rings. The van der Waals surface area contributed by atoms with Crippen LogP contribution in [0.4, 0.5) is 0 Å². The van der Waals surface area contributed by atoms with E-state index in [1.165, 1.54) is 37.9 Å². The van der Waals surface area contributed by atoms with Crippen molar-refractivity contribution in [1.82, 2.24) is 0 Å². The Morgan fingerprint density at radius 3 is 2.15 bits per heavy atom. The highest BCUT2D eigenvalue weighted by Gasteiger charge is 2.10. The zero-order valence-electron chi connectivity index (χ0n) is 11.0. The summed E-state index contributed by atoms with van der Waals surface area (Å²) in [7, 11) is 0. The summed E-state index contributed by atoms with van der Waals surface area (Å²) in [4.78, 5) is 0. The zero-order chi connectivity index (χ0) is 13.5. The van der Waals surface area contributed by atoms with Crippen molar-refractivity contribution in [2.75, 3.05) is 5.94 Å². The van der Waals surface area contributed by atoms with Crippen molar-refractivity contribution in [3.8, 4) is 0 Å². The summed E-state index contributed by atoms with van der Waals surface area (Å²) in [5, 5.41) is 7.88. The van der Waals surface area contributed by atoms with Gasteiger partial charge in [0.25, 0.3) is 0 Å². The molecule has 0 radical (unpaired) electrons. The van der Waals surface area contributed by atoms with Gasteiger partial charge in [0.15, 0.2) is 0 Å². The minimum absolute atomic E-state index is 0.446. The van der Waals surface area contributed by atoms with Gasteiger partial charge in [0.05, 0.1) is 12.5 Å². The highest BCUT2D eigenvalue weighted by atomic mass is 32.1. The van der Waals surface area contributed by atoms with E-state index < -0.39 is 0 Å². The first-order chi connectivity index (χ1) is 9.88. The van der Waals surface area contributed by atoms with E-state index in [9.17, 15) is 0 Å². The summed E-state index contributed by atoms with van der Waals surface area (Å²) in [6.45, 7) is 0.609. The molecular weight excluding hydrogens is 264 g/mol. The second-order valence-corrected chi connectivity index (χ2v) is 5.32.